The van der Waals surface area contributed by atoms with Crippen LogP contribution < -0.4 is 4.90 Å². The second-order valence-electron chi connectivity index (χ2n) is 7.10. The molecule has 4 rings (SSSR count). The van der Waals surface area contributed by atoms with E-state index in [4.69, 9.17) is 5.10 Å². The number of rotatable bonds is 3. The van der Waals surface area contributed by atoms with E-state index in [0.29, 0.717) is 0 Å². The zero-order chi connectivity index (χ0) is 17.4. The lowest BCUT2D eigenvalue weighted by Gasteiger charge is -2.30. The van der Waals surface area contributed by atoms with E-state index in [9.17, 15) is 0 Å². The molecular weight excluding hydrogens is 308 g/mol. The SMILES string of the molecule is CCn1nc(C)c2c1CCN(c1ccnc(C3=CC=C(C)CC3)c1)C2. The standard InChI is InChI=1S/C21H26N4/c1-4-25-21-10-12-24(14-19(21)16(3)23-25)18-9-11-22-20(13-18)17-7-5-15(2)6-8-17/h5,7,9,11,13H,4,6,8,10,12,14H2,1-3H3. The minimum absolute atomic E-state index is 0.947. The van der Waals surface area contributed by atoms with Gasteiger partial charge in [-0.2, -0.15) is 5.10 Å². The number of hydrogen-bond acceptors (Lipinski definition) is 3. The van der Waals surface area contributed by atoms with Crippen LogP contribution in [-0.2, 0) is 19.5 Å². The number of nitrogens with zero attached hydrogens (tertiary/aromatic N) is 4. The molecule has 0 radical (unpaired) electrons. The summed E-state index contributed by atoms with van der Waals surface area (Å²) in [4.78, 5) is 7.09. The number of fused-ring (bicyclic) bond motifs is 1. The molecule has 0 N–H and O–H groups in total. The van der Waals surface area contributed by atoms with Gasteiger partial charge in [0.1, 0.15) is 0 Å². The van der Waals surface area contributed by atoms with Gasteiger partial charge < -0.3 is 4.90 Å². The van der Waals surface area contributed by atoms with E-state index in [0.717, 1.165) is 44.6 Å². The molecule has 1 aliphatic carbocycles. The zero-order valence-electron chi connectivity index (χ0n) is 15.4. The molecule has 25 heavy (non-hydrogen) atoms. The van der Waals surface area contributed by atoms with Gasteiger partial charge >= 0.3 is 0 Å². The first kappa shape index (κ1) is 16.1. The Morgan fingerprint density at radius 3 is 2.76 bits per heavy atom. The van der Waals surface area contributed by atoms with Crippen molar-refractivity contribution >= 4 is 11.3 Å². The highest BCUT2D eigenvalue weighted by molar-refractivity contribution is 5.69. The summed E-state index contributed by atoms with van der Waals surface area (Å²) in [6.07, 6.45) is 9.70. The summed E-state index contributed by atoms with van der Waals surface area (Å²) in [5, 5.41) is 4.70. The zero-order valence-corrected chi connectivity index (χ0v) is 15.4. The maximum atomic E-state index is 4.70. The maximum absolute atomic E-state index is 4.70. The minimum atomic E-state index is 0.947. The predicted molar refractivity (Wildman–Crippen MR) is 103 cm³/mol. The summed E-state index contributed by atoms with van der Waals surface area (Å²) in [6, 6.07) is 4.39. The van der Waals surface area contributed by atoms with Crippen molar-refractivity contribution in [1.82, 2.24) is 14.8 Å². The van der Waals surface area contributed by atoms with Gasteiger partial charge in [-0.1, -0.05) is 17.7 Å². The van der Waals surface area contributed by atoms with Gasteiger partial charge in [-0.15, -0.1) is 0 Å². The van der Waals surface area contributed by atoms with E-state index in [-0.39, 0.29) is 0 Å². The Balaban J connectivity index is 1.61. The molecule has 2 aromatic heterocycles. The third-order valence-corrected chi connectivity index (χ3v) is 5.43. The predicted octanol–water partition coefficient (Wildman–Crippen LogP) is 4.29. The van der Waals surface area contributed by atoms with Crippen LogP contribution in [0.5, 0.6) is 0 Å². The highest BCUT2D eigenvalue weighted by Gasteiger charge is 2.23. The summed E-state index contributed by atoms with van der Waals surface area (Å²) in [6.45, 7) is 9.44. The van der Waals surface area contributed by atoms with Gasteiger partial charge in [-0.05, 0) is 51.3 Å². The smallest absolute Gasteiger partial charge is 0.0682 e. The molecule has 130 valence electrons. The highest BCUT2D eigenvalue weighted by atomic mass is 15.3. The summed E-state index contributed by atoms with van der Waals surface area (Å²) >= 11 is 0. The summed E-state index contributed by atoms with van der Waals surface area (Å²) in [7, 11) is 0. The molecule has 0 spiro atoms. The van der Waals surface area contributed by atoms with Crippen molar-refractivity contribution in [2.75, 3.05) is 11.4 Å². The van der Waals surface area contributed by atoms with E-state index in [1.165, 1.54) is 33.8 Å². The third-order valence-electron chi connectivity index (χ3n) is 5.43. The van der Waals surface area contributed by atoms with Crippen molar-refractivity contribution < 1.29 is 0 Å². The van der Waals surface area contributed by atoms with Gasteiger partial charge in [0.15, 0.2) is 0 Å². The number of allylic oxidation sites excluding steroid dienone is 4. The van der Waals surface area contributed by atoms with Crippen LogP contribution in [0.2, 0.25) is 0 Å². The number of pyridine rings is 1. The van der Waals surface area contributed by atoms with Crippen molar-refractivity contribution in [3.05, 3.63) is 58.7 Å². The molecule has 2 aliphatic rings. The van der Waals surface area contributed by atoms with Crippen molar-refractivity contribution in [1.29, 1.82) is 0 Å². The molecule has 0 saturated carbocycles. The van der Waals surface area contributed by atoms with Crippen LogP contribution in [0, 0.1) is 6.92 Å². The van der Waals surface area contributed by atoms with Gasteiger partial charge in [-0.3, -0.25) is 9.67 Å². The van der Waals surface area contributed by atoms with Crippen LogP contribution in [0.1, 0.15) is 49.3 Å². The second kappa shape index (κ2) is 6.51. The Labute approximate surface area is 149 Å². The second-order valence-corrected chi connectivity index (χ2v) is 7.10. The van der Waals surface area contributed by atoms with Crippen LogP contribution in [0.4, 0.5) is 5.69 Å². The molecule has 0 saturated heterocycles. The van der Waals surface area contributed by atoms with E-state index in [2.05, 4.69) is 59.6 Å². The molecular formula is C21H26N4. The Morgan fingerprint density at radius 2 is 2.00 bits per heavy atom. The number of hydrogen-bond donors (Lipinski definition) is 0. The fourth-order valence-electron chi connectivity index (χ4n) is 3.89. The van der Waals surface area contributed by atoms with E-state index in [1.807, 2.05) is 6.20 Å². The Kier molecular flexibility index (Phi) is 4.20. The first-order valence-corrected chi connectivity index (χ1v) is 9.28. The Morgan fingerprint density at radius 1 is 1.12 bits per heavy atom. The van der Waals surface area contributed by atoms with Crippen LogP contribution in [0.3, 0.4) is 0 Å². The monoisotopic (exact) mass is 334 g/mol. The maximum Gasteiger partial charge on any atom is 0.0682 e. The van der Waals surface area contributed by atoms with Crippen molar-refractivity contribution in [2.45, 2.75) is 53.1 Å². The largest absolute Gasteiger partial charge is 0.367 e. The van der Waals surface area contributed by atoms with E-state index in [1.54, 1.807) is 0 Å². The van der Waals surface area contributed by atoms with Crippen molar-refractivity contribution in [3.63, 3.8) is 0 Å². The van der Waals surface area contributed by atoms with Gasteiger partial charge in [-0.25, -0.2) is 0 Å². The van der Waals surface area contributed by atoms with E-state index >= 15 is 0 Å². The van der Waals surface area contributed by atoms with Crippen molar-refractivity contribution in [2.24, 2.45) is 0 Å². The molecule has 4 nitrogen and oxygen atoms in total. The Bertz CT molecular complexity index is 857. The summed E-state index contributed by atoms with van der Waals surface area (Å²) < 4.78 is 2.17. The fourth-order valence-corrected chi connectivity index (χ4v) is 3.89. The molecule has 0 atom stereocenters. The average Bonchev–Trinajstić information content (AvgIpc) is 2.98. The normalized spacial score (nSPS) is 17.2. The minimum Gasteiger partial charge on any atom is -0.367 e. The third kappa shape index (κ3) is 3.01. The molecule has 1 aliphatic heterocycles. The molecule has 0 aromatic carbocycles. The van der Waals surface area contributed by atoms with Gasteiger partial charge in [0, 0.05) is 49.2 Å². The average molecular weight is 334 g/mol. The fraction of sp³-hybridized carbons (Fsp3) is 0.429. The lowest BCUT2D eigenvalue weighted by Crippen LogP contribution is -2.31. The lowest BCUT2D eigenvalue weighted by molar-refractivity contribution is 0.597. The molecule has 0 unspecified atom stereocenters. The molecule has 0 bridgehead atoms. The molecule has 2 aromatic rings. The summed E-state index contributed by atoms with van der Waals surface area (Å²) in [5.74, 6) is 0. The highest BCUT2D eigenvalue weighted by Crippen LogP contribution is 2.30. The van der Waals surface area contributed by atoms with Crippen LogP contribution >= 0.6 is 0 Å². The first-order valence-electron chi connectivity index (χ1n) is 9.28. The van der Waals surface area contributed by atoms with Crippen molar-refractivity contribution in [3.8, 4) is 0 Å². The first-order chi connectivity index (χ1) is 12.2. The molecule has 3 heterocycles. The Hall–Kier alpha value is -2.36. The topological polar surface area (TPSA) is 34.0 Å². The lowest BCUT2D eigenvalue weighted by atomic mass is 9.96. The summed E-state index contributed by atoms with van der Waals surface area (Å²) in [5.41, 5.74) is 9.18. The van der Waals surface area contributed by atoms with Crippen LogP contribution in [-0.4, -0.2) is 21.3 Å². The van der Waals surface area contributed by atoms with Gasteiger partial charge in [0.25, 0.3) is 0 Å². The van der Waals surface area contributed by atoms with Gasteiger partial charge in [0.05, 0.1) is 11.4 Å². The van der Waals surface area contributed by atoms with Crippen LogP contribution in [0.15, 0.2) is 36.1 Å². The molecule has 0 fully saturated rings. The van der Waals surface area contributed by atoms with E-state index < -0.39 is 0 Å². The number of aryl methyl sites for hydroxylation is 2. The van der Waals surface area contributed by atoms with Gasteiger partial charge in [0.2, 0.25) is 0 Å². The molecule has 0 amide bonds. The quantitative estimate of drug-likeness (QED) is 0.839. The molecule has 4 heteroatoms. The number of anilines is 1. The number of aromatic nitrogens is 3. The van der Waals surface area contributed by atoms with Crippen LogP contribution in [0.25, 0.3) is 5.57 Å².